The lowest BCUT2D eigenvalue weighted by Gasteiger charge is -2.16. The summed E-state index contributed by atoms with van der Waals surface area (Å²) in [5, 5.41) is 7.53. The maximum Gasteiger partial charge on any atom is 0.390 e. The summed E-state index contributed by atoms with van der Waals surface area (Å²) in [5.74, 6) is -4.80. The van der Waals surface area contributed by atoms with E-state index in [9.17, 15) is 22.8 Å². The first kappa shape index (κ1) is 14.3. The Balaban J connectivity index is 4.68. The predicted octanol–water partition coefficient (Wildman–Crippen LogP) is 1.92. The summed E-state index contributed by atoms with van der Waals surface area (Å²) < 4.78 is 35.9. The summed E-state index contributed by atoms with van der Waals surface area (Å²) in [6, 6.07) is 0. The number of halogens is 3. The molecule has 0 aliphatic rings. The highest BCUT2D eigenvalue weighted by Gasteiger charge is 2.40. The second-order valence-corrected chi connectivity index (χ2v) is 3.66. The van der Waals surface area contributed by atoms with Crippen molar-refractivity contribution in [3.05, 3.63) is 0 Å². The van der Waals surface area contributed by atoms with Crippen LogP contribution in [0, 0.1) is 5.92 Å². The van der Waals surface area contributed by atoms with E-state index < -0.39 is 35.5 Å². The van der Waals surface area contributed by atoms with E-state index in [1.165, 1.54) is 0 Å². The zero-order valence-corrected chi connectivity index (χ0v) is 8.81. The van der Waals surface area contributed by atoms with E-state index in [-0.39, 0.29) is 6.42 Å². The van der Waals surface area contributed by atoms with Crippen LogP contribution in [0.15, 0.2) is 0 Å². The van der Waals surface area contributed by atoms with Crippen molar-refractivity contribution in [2.45, 2.75) is 31.2 Å². The van der Waals surface area contributed by atoms with Crippen LogP contribution in [0.25, 0.3) is 0 Å². The number of rotatable bonds is 5. The molecule has 2 unspecified atom stereocenters. The lowest BCUT2D eigenvalue weighted by atomic mass is 9.96. The van der Waals surface area contributed by atoms with Crippen LogP contribution in [0.3, 0.4) is 0 Å². The van der Waals surface area contributed by atoms with Gasteiger partial charge in [-0.1, -0.05) is 6.92 Å². The molecule has 2 atom stereocenters. The predicted molar refractivity (Wildman–Crippen MR) is 49.9 cm³/mol. The third kappa shape index (κ3) is 5.06. The smallest absolute Gasteiger partial charge is 0.390 e. The minimum absolute atomic E-state index is 0.198. The van der Waals surface area contributed by atoms with Gasteiger partial charge in [-0.3, -0.25) is 9.59 Å². The molecular weight excluding hydrogens is 233 g/mol. The minimum atomic E-state index is -4.67. The summed E-state index contributed by atoms with van der Waals surface area (Å²) in [4.78, 5) is 21.7. The van der Waals surface area contributed by atoms with Gasteiger partial charge in [-0.2, -0.15) is 25.8 Å². The van der Waals surface area contributed by atoms with E-state index in [0.29, 0.717) is 0 Å². The Morgan fingerprint density at radius 1 is 1.40 bits per heavy atom. The van der Waals surface area contributed by atoms with Crippen LogP contribution in [0.4, 0.5) is 13.2 Å². The van der Waals surface area contributed by atoms with Crippen molar-refractivity contribution in [2.75, 3.05) is 0 Å². The van der Waals surface area contributed by atoms with E-state index in [1.807, 2.05) is 0 Å². The summed E-state index contributed by atoms with van der Waals surface area (Å²) in [7, 11) is 0. The molecule has 1 N–H and O–H groups in total. The summed E-state index contributed by atoms with van der Waals surface area (Å²) in [5.41, 5.74) is 0. The van der Waals surface area contributed by atoms with Gasteiger partial charge >= 0.3 is 12.1 Å². The Hall–Kier alpha value is -0.720. The van der Waals surface area contributed by atoms with Gasteiger partial charge in [0.1, 0.15) is 5.92 Å². The molecule has 0 saturated heterocycles. The van der Waals surface area contributed by atoms with Gasteiger partial charge in [-0.05, 0) is 6.42 Å². The van der Waals surface area contributed by atoms with Crippen LogP contribution in [0.5, 0.6) is 0 Å². The first-order chi connectivity index (χ1) is 6.69. The summed E-state index contributed by atoms with van der Waals surface area (Å²) in [6.07, 6.45) is -6.11. The molecule has 0 aromatic rings. The van der Waals surface area contributed by atoms with Crippen molar-refractivity contribution in [2.24, 2.45) is 5.92 Å². The Labute approximate surface area is 90.1 Å². The van der Waals surface area contributed by atoms with Crippen molar-refractivity contribution in [3.63, 3.8) is 0 Å². The lowest BCUT2D eigenvalue weighted by molar-refractivity contribution is -0.167. The first-order valence-corrected chi connectivity index (χ1v) is 4.72. The number of carboxylic acids is 1. The van der Waals surface area contributed by atoms with Crippen molar-refractivity contribution >= 4 is 24.4 Å². The molecule has 15 heavy (non-hydrogen) atoms. The topological polar surface area (TPSA) is 54.4 Å². The molecule has 0 radical (unpaired) electrons. The zero-order chi connectivity index (χ0) is 12.2. The molecular formula is C8H11F3O3S. The van der Waals surface area contributed by atoms with Gasteiger partial charge in [0.15, 0.2) is 5.78 Å². The van der Waals surface area contributed by atoms with Gasteiger partial charge < -0.3 is 5.11 Å². The van der Waals surface area contributed by atoms with Crippen LogP contribution in [0.1, 0.15) is 19.8 Å². The standard InChI is InChI=1S/C8H11F3O3S/c1-2-5(15)6(12)4(7(13)14)3-8(9,10)11/h4-5,15H,2-3H2,1H3,(H,13,14). The van der Waals surface area contributed by atoms with Crippen molar-refractivity contribution in [1.82, 2.24) is 0 Å². The van der Waals surface area contributed by atoms with E-state index in [2.05, 4.69) is 12.6 Å². The molecule has 0 bridgehead atoms. The van der Waals surface area contributed by atoms with Gasteiger partial charge in [-0.25, -0.2) is 0 Å². The van der Waals surface area contributed by atoms with E-state index >= 15 is 0 Å². The van der Waals surface area contributed by atoms with E-state index in [0.717, 1.165) is 0 Å². The maximum atomic E-state index is 12.0. The Kier molecular flexibility index (Phi) is 5.13. The third-order valence-electron chi connectivity index (χ3n) is 1.79. The molecule has 0 aliphatic heterocycles. The second-order valence-electron chi connectivity index (χ2n) is 3.04. The van der Waals surface area contributed by atoms with Crippen LogP contribution in [-0.2, 0) is 9.59 Å². The van der Waals surface area contributed by atoms with E-state index in [1.54, 1.807) is 6.92 Å². The molecule has 88 valence electrons. The molecule has 0 rings (SSSR count). The number of hydrogen-bond donors (Lipinski definition) is 2. The highest BCUT2D eigenvalue weighted by molar-refractivity contribution is 7.81. The van der Waals surface area contributed by atoms with Crippen LogP contribution < -0.4 is 0 Å². The molecule has 0 aromatic heterocycles. The number of carboxylic acid groups (broad SMARTS) is 1. The summed E-state index contributed by atoms with van der Waals surface area (Å²) >= 11 is 3.73. The first-order valence-electron chi connectivity index (χ1n) is 4.20. The molecule has 7 heteroatoms. The molecule has 0 aliphatic carbocycles. The molecule has 0 aromatic carbocycles. The molecule has 3 nitrogen and oxygen atoms in total. The van der Waals surface area contributed by atoms with Crippen molar-refractivity contribution in [1.29, 1.82) is 0 Å². The maximum absolute atomic E-state index is 12.0. The molecule has 0 fully saturated rings. The fraction of sp³-hybridized carbons (Fsp3) is 0.750. The number of carbonyl (C=O) groups is 2. The average molecular weight is 244 g/mol. The van der Waals surface area contributed by atoms with Gasteiger partial charge in [0.2, 0.25) is 0 Å². The Morgan fingerprint density at radius 2 is 1.87 bits per heavy atom. The fourth-order valence-corrected chi connectivity index (χ4v) is 1.15. The molecule has 0 spiro atoms. The van der Waals surface area contributed by atoms with Gasteiger partial charge in [0, 0.05) is 0 Å². The molecule has 0 amide bonds. The quantitative estimate of drug-likeness (QED) is 0.574. The second kappa shape index (κ2) is 5.39. The van der Waals surface area contributed by atoms with Gasteiger partial charge in [-0.15, -0.1) is 0 Å². The number of hydrogen-bond acceptors (Lipinski definition) is 3. The largest absolute Gasteiger partial charge is 0.481 e. The van der Waals surface area contributed by atoms with Gasteiger partial charge in [0.25, 0.3) is 0 Å². The Bertz CT molecular complexity index is 252. The molecule has 0 heterocycles. The highest BCUT2D eigenvalue weighted by atomic mass is 32.1. The van der Waals surface area contributed by atoms with Crippen molar-refractivity contribution in [3.8, 4) is 0 Å². The average Bonchev–Trinajstić information content (AvgIpc) is 2.10. The number of aliphatic carboxylic acids is 1. The fourth-order valence-electron chi connectivity index (χ4n) is 0.974. The number of carbonyl (C=O) groups excluding carboxylic acids is 1. The molecule has 0 saturated carbocycles. The van der Waals surface area contributed by atoms with Crippen LogP contribution >= 0.6 is 12.6 Å². The lowest BCUT2D eigenvalue weighted by Crippen LogP contribution is -2.34. The summed E-state index contributed by atoms with van der Waals surface area (Å²) in [6.45, 7) is 1.54. The third-order valence-corrected chi connectivity index (χ3v) is 2.41. The van der Waals surface area contributed by atoms with Gasteiger partial charge in [0.05, 0.1) is 11.7 Å². The number of Topliss-reactive ketones (excluding diaryl/α,β-unsaturated/α-hetero) is 1. The van der Waals surface area contributed by atoms with Crippen LogP contribution in [0.2, 0.25) is 0 Å². The monoisotopic (exact) mass is 244 g/mol. The number of thiol groups is 1. The van der Waals surface area contributed by atoms with Crippen LogP contribution in [-0.4, -0.2) is 28.3 Å². The van der Waals surface area contributed by atoms with E-state index in [4.69, 9.17) is 5.11 Å². The SMILES string of the molecule is CCC(S)C(=O)C(CC(F)(F)F)C(=O)O. The minimum Gasteiger partial charge on any atom is -0.481 e. The zero-order valence-electron chi connectivity index (χ0n) is 7.91. The Morgan fingerprint density at radius 3 is 2.13 bits per heavy atom. The highest BCUT2D eigenvalue weighted by Crippen LogP contribution is 2.27. The normalized spacial score (nSPS) is 15.8. The number of alkyl halides is 3. The number of ketones is 1. The van der Waals surface area contributed by atoms with Crippen molar-refractivity contribution < 1.29 is 27.9 Å².